The molecule has 0 atom stereocenters. The fourth-order valence-electron chi connectivity index (χ4n) is 0.856. The second-order valence-electron chi connectivity index (χ2n) is 2.88. The number of halogens is 4. The van der Waals surface area contributed by atoms with Crippen LogP contribution in [0.4, 0.5) is 17.3 Å². The molecule has 0 N–H and O–H groups in total. The number of hydrogen-bond donors (Lipinski definition) is 0. The predicted molar refractivity (Wildman–Crippen MR) is 62.5 cm³/mol. The van der Waals surface area contributed by atoms with Crippen LogP contribution in [0.2, 0.25) is 0 Å². The molecule has 0 heterocycles. The summed E-state index contributed by atoms with van der Waals surface area (Å²) in [6, 6.07) is 0. The summed E-state index contributed by atoms with van der Waals surface area (Å²) < 4.78 is 39.0. The van der Waals surface area contributed by atoms with Crippen LogP contribution in [0.3, 0.4) is 0 Å². The van der Waals surface area contributed by atoms with Crippen molar-refractivity contribution in [1.82, 2.24) is 0 Å². The van der Waals surface area contributed by atoms with Gasteiger partial charge < -0.3 is 17.3 Å². The Bertz CT molecular complexity index is 180. The Labute approximate surface area is 115 Å². The van der Waals surface area contributed by atoms with Crippen LogP contribution in [-0.2, 0) is 20.4 Å². The van der Waals surface area contributed by atoms with Gasteiger partial charge in [0.05, 0.1) is 0 Å². The molecule has 0 saturated heterocycles. The fraction of sp³-hybridized carbons (Fsp3) is 0.364. The molecule has 1 aliphatic carbocycles. The van der Waals surface area contributed by atoms with Crippen molar-refractivity contribution in [2.24, 2.45) is 0 Å². The Balaban J connectivity index is -0.000000191. The van der Waals surface area contributed by atoms with Crippen molar-refractivity contribution in [2.45, 2.75) is 25.7 Å². The first-order valence-corrected chi connectivity index (χ1v) is 4.99. The number of allylic oxidation sites excluding steroid dienone is 5. The zero-order valence-corrected chi connectivity index (χ0v) is 11.1. The topological polar surface area (TPSA) is 0 Å². The molecule has 0 fully saturated rings. The van der Waals surface area contributed by atoms with Gasteiger partial charge in [0.25, 0.3) is 0 Å². The van der Waals surface area contributed by atoms with E-state index in [9.17, 15) is 17.3 Å². The molecular formula is C11H17BF4Pd. The molecule has 0 aromatic rings. The molecule has 1 aliphatic rings. The second kappa shape index (κ2) is 15.5. The van der Waals surface area contributed by atoms with Crippen molar-refractivity contribution in [1.29, 1.82) is 0 Å². The standard InChI is InChI=1S/C8H12.C3H5.BF4.Pd/c1-2-4-6-8-7-5-3-1;1-3-2;2-1(3,4)5;/h1-2,7-8H,3-6H2;3H,1-2H2;;/q;2*-1;+2/b2-1-,8-7?;;;. The van der Waals surface area contributed by atoms with Crippen molar-refractivity contribution in [3.8, 4) is 0 Å². The largest absolute Gasteiger partial charge is 2.00 e. The molecule has 0 spiro atoms. The van der Waals surface area contributed by atoms with Crippen molar-refractivity contribution in [3.05, 3.63) is 43.9 Å². The minimum absolute atomic E-state index is 0. The van der Waals surface area contributed by atoms with Gasteiger partial charge in [-0.25, -0.2) is 19.6 Å². The van der Waals surface area contributed by atoms with E-state index in [1.165, 1.54) is 31.8 Å². The number of rotatable bonds is 0. The molecule has 0 saturated carbocycles. The van der Waals surface area contributed by atoms with Gasteiger partial charge in [-0.3, -0.25) is 0 Å². The second-order valence-corrected chi connectivity index (χ2v) is 2.88. The molecular weight excluding hydrogens is 325 g/mol. The van der Waals surface area contributed by atoms with E-state index in [4.69, 9.17) is 0 Å². The summed E-state index contributed by atoms with van der Waals surface area (Å²) in [6.07, 6.45) is 15.5. The van der Waals surface area contributed by atoms with E-state index in [-0.39, 0.29) is 20.4 Å². The average Bonchev–Trinajstić information content (AvgIpc) is 1.99. The van der Waals surface area contributed by atoms with Gasteiger partial charge in [0.2, 0.25) is 0 Å². The Morgan fingerprint density at radius 1 is 0.882 bits per heavy atom. The van der Waals surface area contributed by atoms with Gasteiger partial charge >= 0.3 is 27.7 Å². The van der Waals surface area contributed by atoms with Crippen molar-refractivity contribution in [2.75, 3.05) is 0 Å². The quantitative estimate of drug-likeness (QED) is 0.252. The first-order chi connectivity index (χ1) is 7.41. The SMILES string of the molecule is C1=CCC/C=C\CC1.C=C[CH2-].F[B-](F)(F)F.[Pd+2]. The molecule has 0 aliphatic heterocycles. The van der Waals surface area contributed by atoms with Crippen LogP contribution in [0.5, 0.6) is 0 Å². The monoisotopic (exact) mass is 342 g/mol. The van der Waals surface area contributed by atoms with E-state index in [0.29, 0.717) is 0 Å². The van der Waals surface area contributed by atoms with Crippen LogP contribution in [0.1, 0.15) is 25.7 Å². The normalized spacial score (nSPS) is 15.5. The fourth-order valence-corrected chi connectivity index (χ4v) is 0.856. The molecule has 17 heavy (non-hydrogen) atoms. The summed E-state index contributed by atoms with van der Waals surface area (Å²) >= 11 is 0. The molecule has 0 aromatic heterocycles. The predicted octanol–water partition coefficient (Wildman–Crippen LogP) is 4.98. The summed E-state index contributed by atoms with van der Waals surface area (Å²) in [5.41, 5.74) is 0. The van der Waals surface area contributed by atoms with Gasteiger partial charge in [0.15, 0.2) is 0 Å². The molecule has 0 aromatic carbocycles. The van der Waals surface area contributed by atoms with Crippen molar-refractivity contribution < 1.29 is 37.7 Å². The summed E-state index contributed by atoms with van der Waals surface area (Å²) in [6.45, 7) is 6.50. The van der Waals surface area contributed by atoms with Crippen molar-refractivity contribution >= 4 is 7.25 Å². The van der Waals surface area contributed by atoms with Gasteiger partial charge in [-0.15, -0.1) is 0 Å². The molecule has 0 amide bonds. The summed E-state index contributed by atoms with van der Waals surface area (Å²) in [5.74, 6) is 0. The third-order valence-electron chi connectivity index (χ3n) is 1.33. The van der Waals surface area contributed by atoms with Gasteiger partial charge in [-0.2, -0.15) is 0 Å². The molecule has 1 rings (SSSR count). The van der Waals surface area contributed by atoms with E-state index >= 15 is 0 Å². The zero-order valence-electron chi connectivity index (χ0n) is 9.53. The minimum Gasteiger partial charge on any atom is -0.418 e. The molecule has 0 unspecified atom stereocenters. The van der Waals surface area contributed by atoms with E-state index in [2.05, 4.69) is 37.8 Å². The molecule has 0 radical (unpaired) electrons. The van der Waals surface area contributed by atoms with Gasteiger partial charge in [0.1, 0.15) is 0 Å². The van der Waals surface area contributed by atoms with E-state index < -0.39 is 7.25 Å². The Kier molecular flexibility index (Phi) is 19.9. The summed E-state index contributed by atoms with van der Waals surface area (Å²) in [7, 11) is -6.00. The maximum atomic E-state index is 9.75. The zero-order chi connectivity index (χ0) is 12.9. The van der Waals surface area contributed by atoms with Gasteiger partial charge in [-0.1, -0.05) is 24.3 Å². The maximum Gasteiger partial charge on any atom is 2.00 e. The molecule has 102 valence electrons. The van der Waals surface area contributed by atoms with Crippen LogP contribution in [0, 0.1) is 6.92 Å². The molecule has 0 nitrogen and oxygen atoms in total. The van der Waals surface area contributed by atoms with E-state index in [1.807, 2.05) is 0 Å². The minimum atomic E-state index is -6.00. The first kappa shape index (κ1) is 21.8. The third kappa shape index (κ3) is 50.1. The third-order valence-corrected chi connectivity index (χ3v) is 1.33. The van der Waals surface area contributed by atoms with Crippen molar-refractivity contribution in [3.63, 3.8) is 0 Å². The summed E-state index contributed by atoms with van der Waals surface area (Å²) in [5, 5.41) is 0. The van der Waals surface area contributed by atoms with Gasteiger partial charge in [0, 0.05) is 0 Å². The number of hydrogen-bond acceptors (Lipinski definition) is 0. The average molecular weight is 342 g/mol. The summed E-state index contributed by atoms with van der Waals surface area (Å²) in [4.78, 5) is 0. The van der Waals surface area contributed by atoms with Gasteiger partial charge in [-0.05, 0) is 25.7 Å². The Morgan fingerprint density at radius 3 is 1.12 bits per heavy atom. The Morgan fingerprint density at radius 2 is 1.00 bits per heavy atom. The Hall–Kier alpha value is -0.463. The smallest absolute Gasteiger partial charge is 0.418 e. The first-order valence-electron chi connectivity index (χ1n) is 4.99. The van der Waals surface area contributed by atoms with Crippen LogP contribution in [0.25, 0.3) is 0 Å². The maximum absolute atomic E-state index is 9.75. The van der Waals surface area contributed by atoms with E-state index in [1.54, 1.807) is 0 Å². The van der Waals surface area contributed by atoms with Crippen LogP contribution >= 0.6 is 0 Å². The van der Waals surface area contributed by atoms with Crippen LogP contribution in [0.15, 0.2) is 37.0 Å². The van der Waals surface area contributed by atoms with Crippen LogP contribution in [-0.4, -0.2) is 7.25 Å². The molecule has 0 bridgehead atoms. The van der Waals surface area contributed by atoms with E-state index in [0.717, 1.165) is 0 Å². The molecule has 6 heteroatoms. The van der Waals surface area contributed by atoms with Crippen LogP contribution < -0.4 is 0 Å².